The van der Waals surface area contributed by atoms with Crippen molar-refractivity contribution in [2.45, 2.75) is 25.8 Å². The molecule has 0 amide bonds. The fourth-order valence-corrected chi connectivity index (χ4v) is 8.04. The zero-order valence-electron chi connectivity index (χ0n) is 16.8. The van der Waals surface area contributed by atoms with Crippen LogP contribution in [0.3, 0.4) is 0 Å². The van der Waals surface area contributed by atoms with Crippen LogP contribution in [0.25, 0.3) is 0 Å². The molecule has 3 aromatic rings. The van der Waals surface area contributed by atoms with Gasteiger partial charge >= 0.3 is 14.3 Å². The monoisotopic (exact) mass is 390 g/mol. The van der Waals surface area contributed by atoms with Crippen LogP contribution in [0.15, 0.2) is 84.9 Å². The lowest BCUT2D eigenvalue weighted by molar-refractivity contribution is 0.0600. The number of esters is 1. The number of methoxy groups -OCH3 is 1. The van der Waals surface area contributed by atoms with Crippen LogP contribution in [0, 0.1) is 0 Å². The lowest BCUT2D eigenvalue weighted by Crippen LogP contribution is -2.68. The third-order valence-corrected chi connectivity index (χ3v) is 9.89. The molecule has 0 unspecified atom stereocenters. The Morgan fingerprint density at radius 2 is 1.32 bits per heavy atom. The fourth-order valence-electron chi connectivity index (χ4n) is 3.63. The summed E-state index contributed by atoms with van der Waals surface area (Å²) in [6.45, 7) is 6.68. The maximum atomic E-state index is 12.0. The van der Waals surface area contributed by atoms with Gasteiger partial charge in [-0.15, -0.1) is 0 Å². The Labute approximate surface area is 168 Å². The topological polar surface area (TPSA) is 35.5 Å². The molecule has 0 aromatic heterocycles. The van der Waals surface area contributed by atoms with Crippen molar-refractivity contribution >= 4 is 24.7 Å². The summed E-state index contributed by atoms with van der Waals surface area (Å²) in [4.78, 5) is 12.0. The molecule has 0 N–H and O–H groups in total. The molecule has 0 heterocycles. The predicted molar refractivity (Wildman–Crippen MR) is 116 cm³/mol. The van der Waals surface area contributed by atoms with E-state index in [-0.39, 0.29) is 11.0 Å². The van der Waals surface area contributed by atoms with Gasteiger partial charge in [-0.3, -0.25) is 0 Å². The molecule has 0 atom stereocenters. The molecule has 0 bridgehead atoms. The third kappa shape index (κ3) is 3.73. The second kappa shape index (κ2) is 8.03. The number of hydrogen-bond acceptors (Lipinski definition) is 3. The van der Waals surface area contributed by atoms with Crippen molar-refractivity contribution in [2.75, 3.05) is 7.11 Å². The minimum atomic E-state index is -2.71. The van der Waals surface area contributed by atoms with Crippen LogP contribution >= 0.6 is 0 Å². The first-order valence-electron chi connectivity index (χ1n) is 9.37. The van der Waals surface area contributed by atoms with Crippen molar-refractivity contribution < 1.29 is 14.0 Å². The van der Waals surface area contributed by atoms with Crippen LogP contribution < -0.4 is 14.8 Å². The summed E-state index contributed by atoms with van der Waals surface area (Å²) >= 11 is 0. The molecule has 28 heavy (non-hydrogen) atoms. The molecule has 0 spiro atoms. The molecule has 0 radical (unpaired) electrons. The highest BCUT2D eigenvalue weighted by Gasteiger charge is 2.52. The van der Waals surface area contributed by atoms with Gasteiger partial charge in [0.1, 0.15) is 5.75 Å². The summed E-state index contributed by atoms with van der Waals surface area (Å²) in [5.41, 5.74) is 0.484. The van der Waals surface area contributed by atoms with Crippen molar-refractivity contribution in [1.29, 1.82) is 0 Å². The zero-order valence-corrected chi connectivity index (χ0v) is 17.8. The van der Waals surface area contributed by atoms with Gasteiger partial charge < -0.3 is 9.16 Å². The summed E-state index contributed by atoms with van der Waals surface area (Å²) in [7, 11) is -1.32. The van der Waals surface area contributed by atoms with E-state index in [1.54, 1.807) is 12.1 Å². The van der Waals surface area contributed by atoms with Crippen molar-refractivity contribution in [3.8, 4) is 5.75 Å². The molecule has 0 aliphatic carbocycles. The molecule has 144 valence electrons. The van der Waals surface area contributed by atoms with E-state index >= 15 is 0 Å². The lowest BCUT2D eigenvalue weighted by atomic mass is 10.2. The average Bonchev–Trinajstić information content (AvgIpc) is 2.72. The SMILES string of the molecule is COC(=O)c1cccc(O[Si](c2ccccc2)(c2ccccc2)C(C)(C)C)c1. The first-order valence-corrected chi connectivity index (χ1v) is 11.3. The molecule has 0 saturated heterocycles. The van der Waals surface area contributed by atoms with Gasteiger partial charge in [0.15, 0.2) is 0 Å². The van der Waals surface area contributed by atoms with Gasteiger partial charge in [0, 0.05) is 0 Å². The van der Waals surface area contributed by atoms with E-state index in [1.165, 1.54) is 17.5 Å². The normalized spacial score (nSPS) is 11.7. The van der Waals surface area contributed by atoms with Crippen molar-refractivity contribution in [1.82, 2.24) is 0 Å². The highest BCUT2D eigenvalue weighted by Crippen LogP contribution is 2.37. The Morgan fingerprint density at radius 3 is 1.79 bits per heavy atom. The van der Waals surface area contributed by atoms with E-state index in [9.17, 15) is 4.79 Å². The van der Waals surface area contributed by atoms with Crippen molar-refractivity contribution in [3.63, 3.8) is 0 Å². The molecular weight excluding hydrogens is 364 g/mol. The molecule has 4 heteroatoms. The lowest BCUT2D eigenvalue weighted by Gasteiger charge is -2.43. The Bertz CT molecular complexity index is 891. The van der Waals surface area contributed by atoms with Crippen LogP contribution in [0.4, 0.5) is 0 Å². The molecule has 0 saturated carbocycles. The second-order valence-electron chi connectivity index (χ2n) is 7.78. The summed E-state index contributed by atoms with van der Waals surface area (Å²) in [5.74, 6) is 0.310. The molecule has 3 rings (SSSR count). The van der Waals surface area contributed by atoms with Crippen LogP contribution in [0.1, 0.15) is 31.1 Å². The summed E-state index contributed by atoms with van der Waals surface area (Å²) in [5, 5.41) is 2.24. The first kappa shape index (κ1) is 19.9. The maximum Gasteiger partial charge on any atom is 0.337 e. The van der Waals surface area contributed by atoms with Crippen LogP contribution in [0.2, 0.25) is 5.04 Å². The number of ether oxygens (including phenoxy) is 1. The van der Waals surface area contributed by atoms with Gasteiger partial charge in [0.05, 0.1) is 12.7 Å². The van der Waals surface area contributed by atoms with Gasteiger partial charge in [-0.05, 0) is 33.6 Å². The van der Waals surface area contributed by atoms with Crippen molar-refractivity contribution in [2.24, 2.45) is 0 Å². The highest BCUT2D eigenvalue weighted by molar-refractivity contribution is 7.00. The summed E-state index contributed by atoms with van der Waals surface area (Å²) < 4.78 is 11.8. The number of hydrogen-bond donors (Lipinski definition) is 0. The maximum absolute atomic E-state index is 12.0. The van der Waals surface area contributed by atoms with E-state index in [1.807, 2.05) is 24.3 Å². The Hall–Kier alpha value is -2.85. The standard InChI is InChI=1S/C24H26O3Si/c1-24(2,3)28(21-14-7-5-8-15-21,22-16-9-6-10-17-22)27-20-13-11-12-19(18-20)23(25)26-4/h5-18H,1-4H3. The molecule has 0 aliphatic rings. The van der Waals surface area contributed by atoms with E-state index in [2.05, 4.69) is 69.3 Å². The fraction of sp³-hybridized carbons (Fsp3) is 0.208. The minimum Gasteiger partial charge on any atom is -0.534 e. The van der Waals surface area contributed by atoms with E-state index in [0.29, 0.717) is 11.3 Å². The van der Waals surface area contributed by atoms with Gasteiger partial charge in [-0.1, -0.05) is 87.5 Å². The quantitative estimate of drug-likeness (QED) is 0.478. The van der Waals surface area contributed by atoms with E-state index < -0.39 is 8.32 Å². The predicted octanol–water partition coefficient (Wildman–Crippen LogP) is 4.41. The van der Waals surface area contributed by atoms with Crippen molar-refractivity contribution in [3.05, 3.63) is 90.5 Å². The summed E-state index contributed by atoms with van der Waals surface area (Å²) in [6, 6.07) is 28.1. The van der Waals surface area contributed by atoms with Gasteiger partial charge in [0.2, 0.25) is 0 Å². The molecule has 3 nitrogen and oxygen atoms in total. The first-order chi connectivity index (χ1) is 13.4. The Morgan fingerprint density at radius 1 is 0.786 bits per heavy atom. The second-order valence-corrected chi connectivity index (χ2v) is 12.0. The highest BCUT2D eigenvalue weighted by atomic mass is 28.4. The average molecular weight is 391 g/mol. The number of benzene rings is 3. The number of carbonyl (C=O) groups excluding carboxylic acids is 1. The molecular formula is C24H26O3Si. The number of carbonyl (C=O) groups is 1. The largest absolute Gasteiger partial charge is 0.534 e. The minimum absolute atomic E-state index is 0.142. The third-order valence-electron chi connectivity index (χ3n) is 4.94. The van der Waals surface area contributed by atoms with Crippen LogP contribution in [-0.2, 0) is 4.74 Å². The van der Waals surface area contributed by atoms with Gasteiger partial charge in [0.25, 0.3) is 0 Å². The van der Waals surface area contributed by atoms with Gasteiger partial charge in [-0.2, -0.15) is 0 Å². The molecule has 0 aliphatic heterocycles. The molecule has 0 fully saturated rings. The molecule has 3 aromatic carbocycles. The smallest absolute Gasteiger partial charge is 0.337 e. The Kier molecular flexibility index (Phi) is 5.70. The van der Waals surface area contributed by atoms with E-state index in [0.717, 1.165) is 0 Å². The van der Waals surface area contributed by atoms with Crippen LogP contribution in [-0.4, -0.2) is 21.4 Å². The number of rotatable bonds is 5. The van der Waals surface area contributed by atoms with Crippen LogP contribution in [0.5, 0.6) is 5.75 Å². The summed E-state index contributed by atoms with van der Waals surface area (Å²) in [6.07, 6.45) is 0. The zero-order chi connectivity index (χ0) is 20.2. The van der Waals surface area contributed by atoms with E-state index in [4.69, 9.17) is 9.16 Å². The van der Waals surface area contributed by atoms with Gasteiger partial charge in [-0.25, -0.2) is 4.79 Å². The Balaban J connectivity index is 2.21.